The van der Waals surface area contributed by atoms with Crippen LogP contribution in [0.4, 0.5) is 0 Å². The van der Waals surface area contributed by atoms with Crippen molar-refractivity contribution in [3.8, 4) is 0 Å². The molecule has 21 heavy (non-hydrogen) atoms. The number of rotatable bonds is 3. The molecule has 0 aromatic heterocycles. The summed E-state index contributed by atoms with van der Waals surface area (Å²) in [6.07, 6.45) is 6.90. The normalized spacial score (nSPS) is 26.4. The first-order chi connectivity index (χ1) is 10.1. The maximum absolute atomic E-state index is 12.6. The van der Waals surface area contributed by atoms with Crippen LogP contribution in [0.2, 0.25) is 0 Å². The number of nitrogens with zero attached hydrogens (tertiary/aromatic N) is 1. The first-order valence-corrected chi connectivity index (χ1v) is 8.46. The largest absolute Gasteiger partial charge is 0.296 e. The highest BCUT2D eigenvalue weighted by atomic mass is 16.1. The molecule has 1 aliphatic heterocycles. The molecule has 1 aliphatic carbocycles. The molecule has 0 amide bonds. The van der Waals surface area contributed by atoms with Crippen molar-refractivity contribution in [2.75, 3.05) is 19.6 Å². The van der Waals surface area contributed by atoms with Crippen molar-refractivity contribution in [2.24, 2.45) is 11.8 Å². The van der Waals surface area contributed by atoms with E-state index in [0.717, 1.165) is 36.1 Å². The highest BCUT2D eigenvalue weighted by Gasteiger charge is 2.31. The standard InChI is InChI=1S/C19H27NO/c1-14-7-8-18(15(2)11-14)19(21)13-20-10-9-16-5-3-4-6-17(16)12-20/h7-8,11,16-17H,3-6,9-10,12-13H2,1-2H3. The van der Waals surface area contributed by atoms with Crippen LogP contribution in [-0.4, -0.2) is 30.3 Å². The Morgan fingerprint density at radius 2 is 1.90 bits per heavy atom. The third-order valence-electron chi connectivity index (χ3n) is 5.42. The highest BCUT2D eigenvalue weighted by molar-refractivity contribution is 5.99. The van der Waals surface area contributed by atoms with E-state index in [1.54, 1.807) is 0 Å². The number of aryl methyl sites for hydroxylation is 2. The molecule has 1 heterocycles. The van der Waals surface area contributed by atoms with E-state index >= 15 is 0 Å². The molecule has 0 N–H and O–H groups in total. The molecule has 2 nitrogen and oxygen atoms in total. The van der Waals surface area contributed by atoms with Gasteiger partial charge in [0.05, 0.1) is 6.54 Å². The average Bonchev–Trinajstić information content (AvgIpc) is 2.47. The van der Waals surface area contributed by atoms with E-state index < -0.39 is 0 Å². The topological polar surface area (TPSA) is 20.3 Å². The number of hydrogen-bond donors (Lipinski definition) is 0. The van der Waals surface area contributed by atoms with E-state index in [1.807, 2.05) is 19.1 Å². The smallest absolute Gasteiger partial charge is 0.177 e. The summed E-state index contributed by atoms with van der Waals surface area (Å²) in [5.74, 6) is 2.08. The summed E-state index contributed by atoms with van der Waals surface area (Å²) in [6.45, 7) is 6.98. The predicted molar refractivity (Wildman–Crippen MR) is 86.8 cm³/mol. The van der Waals surface area contributed by atoms with Crippen LogP contribution in [0.5, 0.6) is 0 Å². The summed E-state index contributed by atoms with van der Waals surface area (Å²) in [6, 6.07) is 6.16. The third-order valence-corrected chi connectivity index (χ3v) is 5.42. The first-order valence-electron chi connectivity index (χ1n) is 8.46. The minimum atomic E-state index is 0.293. The molecular weight excluding hydrogens is 258 g/mol. The zero-order valence-electron chi connectivity index (χ0n) is 13.4. The van der Waals surface area contributed by atoms with Gasteiger partial charge < -0.3 is 0 Å². The van der Waals surface area contributed by atoms with Crippen LogP contribution in [0, 0.1) is 25.7 Å². The zero-order chi connectivity index (χ0) is 14.8. The third kappa shape index (κ3) is 3.37. The van der Waals surface area contributed by atoms with Gasteiger partial charge in [-0.2, -0.15) is 0 Å². The molecule has 1 saturated carbocycles. The fourth-order valence-corrected chi connectivity index (χ4v) is 4.23. The average molecular weight is 285 g/mol. The molecule has 0 spiro atoms. The maximum atomic E-state index is 12.6. The van der Waals surface area contributed by atoms with E-state index in [-0.39, 0.29) is 0 Å². The Labute approximate surface area is 128 Å². The lowest BCUT2D eigenvalue weighted by molar-refractivity contribution is 0.0712. The van der Waals surface area contributed by atoms with Crippen molar-refractivity contribution in [3.05, 3.63) is 34.9 Å². The summed E-state index contributed by atoms with van der Waals surface area (Å²) < 4.78 is 0. The number of likely N-dealkylation sites (tertiary alicyclic amines) is 1. The Bertz CT molecular complexity index is 522. The van der Waals surface area contributed by atoms with Crippen molar-refractivity contribution in [1.29, 1.82) is 0 Å². The van der Waals surface area contributed by atoms with Gasteiger partial charge in [-0.1, -0.05) is 43.0 Å². The number of carbonyl (C=O) groups is 1. The molecule has 1 aromatic carbocycles. The molecule has 1 saturated heterocycles. The maximum Gasteiger partial charge on any atom is 0.177 e. The summed E-state index contributed by atoms with van der Waals surface area (Å²) in [5.41, 5.74) is 3.26. The molecular formula is C19H27NO. The van der Waals surface area contributed by atoms with Gasteiger partial charge in [0.1, 0.15) is 0 Å². The number of benzene rings is 1. The van der Waals surface area contributed by atoms with E-state index in [9.17, 15) is 4.79 Å². The Morgan fingerprint density at radius 1 is 1.14 bits per heavy atom. The summed E-state index contributed by atoms with van der Waals surface area (Å²) in [7, 11) is 0. The van der Waals surface area contributed by atoms with Crippen LogP contribution in [0.3, 0.4) is 0 Å². The van der Waals surface area contributed by atoms with Crippen LogP contribution in [0.1, 0.15) is 53.6 Å². The fraction of sp³-hybridized carbons (Fsp3) is 0.632. The minimum Gasteiger partial charge on any atom is -0.296 e. The number of carbonyl (C=O) groups excluding carboxylic acids is 1. The van der Waals surface area contributed by atoms with E-state index in [0.29, 0.717) is 12.3 Å². The number of fused-ring (bicyclic) bond motifs is 1. The molecule has 114 valence electrons. The Balaban J connectivity index is 1.62. The van der Waals surface area contributed by atoms with Gasteiger partial charge in [0.25, 0.3) is 0 Å². The number of piperidine rings is 1. The van der Waals surface area contributed by atoms with Gasteiger partial charge in [-0.25, -0.2) is 0 Å². The van der Waals surface area contributed by atoms with Crippen molar-refractivity contribution < 1.29 is 4.79 Å². The number of hydrogen-bond acceptors (Lipinski definition) is 2. The lowest BCUT2D eigenvalue weighted by Gasteiger charge is -2.41. The van der Waals surface area contributed by atoms with E-state index in [2.05, 4.69) is 17.9 Å². The van der Waals surface area contributed by atoms with Gasteiger partial charge in [0.2, 0.25) is 0 Å². The molecule has 2 fully saturated rings. The SMILES string of the molecule is Cc1ccc(C(=O)CN2CCC3CCCCC3C2)c(C)c1. The molecule has 3 rings (SSSR count). The van der Waals surface area contributed by atoms with Gasteiger partial charge in [-0.15, -0.1) is 0 Å². The Kier molecular flexibility index (Phi) is 4.44. The van der Waals surface area contributed by atoms with Crippen molar-refractivity contribution in [3.63, 3.8) is 0 Å². The highest BCUT2D eigenvalue weighted by Crippen LogP contribution is 2.36. The molecule has 2 unspecified atom stereocenters. The first kappa shape index (κ1) is 14.8. The minimum absolute atomic E-state index is 0.293. The molecule has 2 heteroatoms. The second kappa shape index (κ2) is 6.31. The van der Waals surface area contributed by atoms with E-state index in [4.69, 9.17) is 0 Å². The van der Waals surface area contributed by atoms with Gasteiger partial charge in [-0.3, -0.25) is 9.69 Å². The van der Waals surface area contributed by atoms with Crippen LogP contribution >= 0.6 is 0 Å². The summed E-state index contributed by atoms with van der Waals surface area (Å²) in [5, 5.41) is 0. The molecule has 1 aromatic rings. The van der Waals surface area contributed by atoms with Crippen molar-refractivity contribution in [2.45, 2.75) is 46.0 Å². The second-order valence-corrected chi connectivity index (χ2v) is 7.07. The van der Waals surface area contributed by atoms with Gasteiger partial charge in [0, 0.05) is 12.1 Å². The predicted octanol–water partition coefficient (Wildman–Crippen LogP) is 4.00. The summed E-state index contributed by atoms with van der Waals surface area (Å²) >= 11 is 0. The van der Waals surface area contributed by atoms with Gasteiger partial charge in [-0.05, 0) is 50.6 Å². The Hall–Kier alpha value is -1.15. The molecule has 0 bridgehead atoms. The van der Waals surface area contributed by atoms with Crippen LogP contribution in [-0.2, 0) is 0 Å². The number of ketones is 1. The van der Waals surface area contributed by atoms with Crippen molar-refractivity contribution >= 4 is 5.78 Å². The molecule has 0 radical (unpaired) electrons. The molecule has 2 aliphatic rings. The second-order valence-electron chi connectivity index (χ2n) is 7.07. The van der Waals surface area contributed by atoms with Gasteiger partial charge in [0.15, 0.2) is 5.78 Å². The van der Waals surface area contributed by atoms with Gasteiger partial charge >= 0.3 is 0 Å². The quantitative estimate of drug-likeness (QED) is 0.782. The van der Waals surface area contributed by atoms with Crippen LogP contribution in [0.15, 0.2) is 18.2 Å². The summed E-state index contributed by atoms with van der Waals surface area (Å²) in [4.78, 5) is 15.0. The fourth-order valence-electron chi connectivity index (χ4n) is 4.23. The molecule has 2 atom stereocenters. The van der Waals surface area contributed by atoms with Crippen molar-refractivity contribution in [1.82, 2.24) is 4.90 Å². The van der Waals surface area contributed by atoms with E-state index in [1.165, 1.54) is 37.7 Å². The van der Waals surface area contributed by atoms with Crippen LogP contribution in [0.25, 0.3) is 0 Å². The monoisotopic (exact) mass is 285 g/mol. The zero-order valence-corrected chi connectivity index (χ0v) is 13.4. The lowest BCUT2D eigenvalue weighted by Crippen LogP contribution is -2.43. The Morgan fingerprint density at radius 3 is 2.67 bits per heavy atom. The number of Topliss-reactive ketones (excluding diaryl/α,β-unsaturated/α-hetero) is 1. The van der Waals surface area contributed by atoms with Crippen LogP contribution < -0.4 is 0 Å². The lowest BCUT2D eigenvalue weighted by atomic mass is 9.75.